The average Bonchev–Trinajstić information content (AvgIpc) is 3.52. The molecule has 0 saturated heterocycles. The average molecular weight is 512 g/mol. The molecule has 198 valence electrons. The highest BCUT2D eigenvalue weighted by Gasteiger charge is 2.31. The van der Waals surface area contributed by atoms with Gasteiger partial charge in [-0.15, -0.1) is 0 Å². The first kappa shape index (κ1) is 27.4. The number of nitrogens with two attached hydrogens (primary N) is 1. The fourth-order valence-electron chi connectivity index (χ4n) is 3.77. The zero-order valence-electron chi connectivity index (χ0n) is 20.9. The van der Waals surface area contributed by atoms with Gasteiger partial charge in [-0.3, -0.25) is 19.2 Å². The Morgan fingerprint density at radius 2 is 1.59 bits per heavy atom. The van der Waals surface area contributed by atoms with E-state index in [0.29, 0.717) is 5.69 Å². The zero-order valence-corrected chi connectivity index (χ0v) is 20.9. The van der Waals surface area contributed by atoms with Crippen molar-refractivity contribution in [2.75, 3.05) is 0 Å². The molecule has 3 aromatic rings. The number of nitrogens with zero attached hydrogens (tertiary/aromatic N) is 1. The summed E-state index contributed by atoms with van der Waals surface area (Å²) in [6.07, 6.45) is 4.88. The lowest BCUT2D eigenvalue weighted by atomic mass is 10.0. The van der Waals surface area contributed by atoms with Crippen molar-refractivity contribution in [3.63, 3.8) is 0 Å². The van der Waals surface area contributed by atoms with E-state index in [1.54, 1.807) is 20.0 Å². The van der Waals surface area contributed by atoms with Gasteiger partial charge in [0.25, 0.3) is 0 Å². The molecule has 2 heterocycles. The molecule has 0 saturated carbocycles. The van der Waals surface area contributed by atoms with Crippen LogP contribution in [-0.2, 0) is 32.0 Å². The molecule has 0 aliphatic rings. The van der Waals surface area contributed by atoms with Crippen molar-refractivity contribution in [2.24, 2.45) is 11.7 Å². The minimum atomic E-state index is -1.21. The van der Waals surface area contributed by atoms with Crippen molar-refractivity contribution in [3.05, 3.63) is 54.2 Å². The summed E-state index contributed by atoms with van der Waals surface area (Å²) in [5.74, 6) is -3.17. The summed E-state index contributed by atoms with van der Waals surface area (Å²) < 4.78 is 0. The van der Waals surface area contributed by atoms with Crippen molar-refractivity contribution in [2.45, 2.75) is 57.8 Å². The first-order chi connectivity index (χ1) is 17.6. The van der Waals surface area contributed by atoms with Gasteiger partial charge in [0, 0.05) is 41.8 Å². The third-order valence-corrected chi connectivity index (χ3v) is 6.09. The number of para-hydroxylation sites is 1. The molecule has 0 aliphatic heterocycles. The summed E-state index contributed by atoms with van der Waals surface area (Å²) in [4.78, 5) is 60.5. The van der Waals surface area contributed by atoms with E-state index >= 15 is 0 Å². The number of hydrogen-bond donors (Lipinski definition) is 7. The van der Waals surface area contributed by atoms with Crippen LogP contribution in [0.3, 0.4) is 0 Å². The summed E-state index contributed by atoms with van der Waals surface area (Å²) in [5.41, 5.74) is 8.18. The van der Waals surface area contributed by atoms with Gasteiger partial charge in [-0.25, -0.2) is 4.98 Å². The summed E-state index contributed by atoms with van der Waals surface area (Å²) in [6, 6.07) is 3.31. The number of H-pyrrole nitrogens is 2. The number of nitrogens with one attached hydrogen (secondary N) is 5. The van der Waals surface area contributed by atoms with E-state index in [2.05, 4.69) is 30.9 Å². The standard InChI is InChI=1S/C25H33N7O5/c1-13(2)21(26)24(35)32-20(9-16-11-27-12-29-16)23(34)31-19(22(33)30-14(3)25(36)37)8-15-10-28-18-7-5-4-6-17(15)18/h4-7,10-14,19-21,28H,8-9,26H2,1-3H3,(H,27,29)(H,30,33)(H,31,34)(H,32,35)(H,36,37). The molecular weight excluding hydrogens is 478 g/mol. The molecule has 3 rings (SSSR count). The van der Waals surface area contributed by atoms with Crippen LogP contribution in [0.25, 0.3) is 10.9 Å². The maximum Gasteiger partial charge on any atom is 0.325 e. The van der Waals surface area contributed by atoms with Gasteiger partial charge in [-0.05, 0) is 24.5 Å². The van der Waals surface area contributed by atoms with E-state index in [4.69, 9.17) is 5.73 Å². The molecule has 8 N–H and O–H groups in total. The number of rotatable bonds is 12. The molecule has 37 heavy (non-hydrogen) atoms. The number of fused-ring (bicyclic) bond motifs is 1. The highest BCUT2D eigenvalue weighted by molar-refractivity contribution is 5.95. The molecule has 0 spiro atoms. The number of aliphatic carboxylic acids is 1. The number of aromatic amines is 2. The van der Waals surface area contributed by atoms with E-state index < -0.39 is 47.9 Å². The summed E-state index contributed by atoms with van der Waals surface area (Å²) in [7, 11) is 0. The lowest BCUT2D eigenvalue weighted by Crippen LogP contribution is -2.58. The Bertz CT molecular complexity index is 1240. The fourth-order valence-corrected chi connectivity index (χ4v) is 3.77. The SMILES string of the molecule is CC(NC(=O)C(Cc1c[nH]c2ccccc12)NC(=O)C(Cc1cnc[nH]1)NC(=O)C(N)C(C)C)C(=O)O. The third kappa shape index (κ3) is 7.17. The topological polar surface area (TPSA) is 195 Å². The second kappa shape index (κ2) is 12.2. The number of carboxylic acids is 1. The molecule has 0 fully saturated rings. The molecule has 12 nitrogen and oxygen atoms in total. The number of hydrogen-bond acceptors (Lipinski definition) is 6. The van der Waals surface area contributed by atoms with Crippen molar-refractivity contribution < 1.29 is 24.3 Å². The number of carbonyl (C=O) groups excluding carboxylic acids is 3. The second-order valence-corrected chi connectivity index (χ2v) is 9.31. The predicted molar refractivity (Wildman–Crippen MR) is 136 cm³/mol. The van der Waals surface area contributed by atoms with Gasteiger partial charge < -0.3 is 36.8 Å². The Balaban J connectivity index is 1.86. The number of imidazole rings is 1. The second-order valence-electron chi connectivity index (χ2n) is 9.31. The smallest absolute Gasteiger partial charge is 0.325 e. The van der Waals surface area contributed by atoms with Gasteiger partial charge in [0.1, 0.15) is 18.1 Å². The number of benzene rings is 1. The first-order valence-electron chi connectivity index (χ1n) is 12.0. The van der Waals surface area contributed by atoms with Crippen LogP contribution in [-0.4, -0.2) is 67.9 Å². The molecule has 0 aliphatic carbocycles. The van der Waals surface area contributed by atoms with Gasteiger partial charge in [-0.1, -0.05) is 32.0 Å². The van der Waals surface area contributed by atoms with E-state index in [9.17, 15) is 24.3 Å². The highest BCUT2D eigenvalue weighted by Crippen LogP contribution is 2.19. The summed E-state index contributed by atoms with van der Waals surface area (Å²) >= 11 is 0. The summed E-state index contributed by atoms with van der Waals surface area (Å²) in [5, 5.41) is 17.9. The van der Waals surface area contributed by atoms with E-state index in [0.717, 1.165) is 16.5 Å². The Morgan fingerprint density at radius 1 is 0.946 bits per heavy atom. The minimum Gasteiger partial charge on any atom is -0.480 e. The molecule has 4 atom stereocenters. The van der Waals surface area contributed by atoms with Crippen molar-refractivity contribution in [1.82, 2.24) is 30.9 Å². The van der Waals surface area contributed by atoms with Gasteiger partial charge in [0.15, 0.2) is 0 Å². The van der Waals surface area contributed by atoms with Crippen molar-refractivity contribution in [1.29, 1.82) is 0 Å². The normalized spacial score (nSPS) is 14.5. The quantitative estimate of drug-likeness (QED) is 0.180. The Kier molecular flexibility index (Phi) is 9.01. The molecule has 4 unspecified atom stereocenters. The molecule has 12 heteroatoms. The lowest BCUT2D eigenvalue weighted by Gasteiger charge is -2.25. The van der Waals surface area contributed by atoms with Crippen molar-refractivity contribution in [3.8, 4) is 0 Å². The maximum atomic E-state index is 13.4. The van der Waals surface area contributed by atoms with Crippen LogP contribution in [0.15, 0.2) is 43.0 Å². The molecular formula is C25H33N7O5. The predicted octanol–water partition coefficient (Wildman–Crippen LogP) is 0.218. The zero-order chi connectivity index (χ0) is 27.1. The molecule has 2 aromatic heterocycles. The third-order valence-electron chi connectivity index (χ3n) is 6.09. The van der Waals surface area contributed by atoms with Crippen LogP contribution < -0.4 is 21.7 Å². The number of amides is 3. The molecule has 0 bridgehead atoms. The first-order valence-corrected chi connectivity index (χ1v) is 12.0. The van der Waals surface area contributed by atoms with Crippen molar-refractivity contribution >= 4 is 34.6 Å². The Morgan fingerprint density at radius 3 is 2.24 bits per heavy atom. The van der Waals surface area contributed by atoms with Crippen LogP contribution in [0.4, 0.5) is 0 Å². The minimum absolute atomic E-state index is 0.0787. The number of aromatic nitrogens is 3. The van der Waals surface area contributed by atoms with Crippen LogP contribution in [0, 0.1) is 5.92 Å². The van der Waals surface area contributed by atoms with E-state index in [-0.39, 0.29) is 18.8 Å². The van der Waals surface area contributed by atoms with Gasteiger partial charge >= 0.3 is 5.97 Å². The van der Waals surface area contributed by atoms with E-state index in [1.807, 2.05) is 24.3 Å². The largest absolute Gasteiger partial charge is 0.480 e. The molecule has 1 aromatic carbocycles. The molecule has 0 radical (unpaired) electrons. The Labute approximate surface area is 213 Å². The van der Waals surface area contributed by atoms with E-state index in [1.165, 1.54) is 19.4 Å². The Hall–Kier alpha value is -4.19. The van der Waals surface area contributed by atoms with Gasteiger partial charge in [-0.2, -0.15) is 0 Å². The molecule has 3 amide bonds. The van der Waals surface area contributed by atoms with Crippen LogP contribution >= 0.6 is 0 Å². The fraction of sp³-hybridized carbons (Fsp3) is 0.400. The summed E-state index contributed by atoms with van der Waals surface area (Å²) in [6.45, 7) is 4.91. The van der Waals surface area contributed by atoms with Gasteiger partial charge in [0.2, 0.25) is 17.7 Å². The van der Waals surface area contributed by atoms with Gasteiger partial charge in [0.05, 0.1) is 12.4 Å². The lowest BCUT2D eigenvalue weighted by molar-refractivity contribution is -0.141. The number of carboxylic acid groups (broad SMARTS) is 1. The maximum absolute atomic E-state index is 13.4. The van der Waals surface area contributed by atoms with Crippen LogP contribution in [0.1, 0.15) is 32.0 Å². The highest BCUT2D eigenvalue weighted by atomic mass is 16.4. The van der Waals surface area contributed by atoms with Crippen LogP contribution in [0.2, 0.25) is 0 Å². The number of carbonyl (C=O) groups is 4. The monoisotopic (exact) mass is 511 g/mol. The van der Waals surface area contributed by atoms with Crippen LogP contribution in [0.5, 0.6) is 0 Å².